The van der Waals surface area contributed by atoms with E-state index in [1.165, 1.54) is 24.4 Å². The fourth-order valence-electron chi connectivity index (χ4n) is 4.28. The van der Waals surface area contributed by atoms with E-state index in [4.69, 9.17) is 11.5 Å². The Morgan fingerprint density at radius 3 is 2.81 bits per heavy atom. The lowest BCUT2D eigenvalue weighted by Crippen LogP contribution is -2.43. The number of nitrogens with zero attached hydrogens (tertiary/aromatic N) is 4. The van der Waals surface area contributed by atoms with Crippen LogP contribution in [0.15, 0.2) is 42.9 Å². The van der Waals surface area contributed by atoms with Crippen LogP contribution in [0.25, 0.3) is 11.4 Å². The van der Waals surface area contributed by atoms with Crippen LogP contribution >= 0.6 is 0 Å². The third-order valence-electron chi connectivity index (χ3n) is 6.00. The lowest BCUT2D eigenvalue weighted by atomic mass is 10.0. The maximum Gasteiger partial charge on any atom is 0.251 e. The molecule has 1 amide bonds. The molecule has 9 nitrogen and oxygen atoms in total. The lowest BCUT2D eigenvalue weighted by molar-refractivity contribution is 0.0941. The molecule has 1 aliphatic heterocycles. The van der Waals surface area contributed by atoms with E-state index in [1.54, 1.807) is 12.4 Å². The van der Waals surface area contributed by atoms with Crippen LogP contribution in [0.1, 0.15) is 53.1 Å². The number of hydrogen-bond donors (Lipinski definition) is 3. The van der Waals surface area contributed by atoms with Gasteiger partial charge in [-0.05, 0) is 51.0 Å². The Hall–Kier alpha value is -3.92. The monoisotopic (exact) mass is 491 g/mol. The number of nitrogens with one attached hydrogen (secondary N) is 1. The summed E-state index contributed by atoms with van der Waals surface area (Å²) in [7, 11) is 0. The van der Waals surface area contributed by atoms with E-state index in [9.17, 15) is 14.0 Å². The van der Waals surface area contributed by atoms with E-state index < -0.39 is 5.82 Å². The quantitative estimate of drug-likeness (QED) is 0.429. The molecule has 0 saturated carbocycles. The normalized spacial score (nSPS) is 15.7. The molecule has 5 N–H and O–H groups in total. The molecule has 1 fully saturated rings. The standard InChI is InChI=1S/C26H30FN7O2/c1-15(2)32-26(36)16-5-6-20(27)19(10-16)25-31-13-21(29)24(33-25)23(35)11-17-12-30-8-7-22(17)34-9-3-4-18(28)14-34/h5-8,10,12-13,15,18H,3-4,9,11,14,28-29H2,1-2H3,(H,32,36)/t18-/m0/s1. The van der Waals surface area contributed by atoms with Crippen LogP contribution in [-0.4, -0.2) is 51.8 Å². The Morgan fingerprint density at radius 1 is 1.25 bits per heavy atom. The second-order valence-electron chi connectivity index (χ2n) is 9.27. The van der Waals surface area contributed by atoms with E-state index in [0.29, 0.717) is 6.54 Å². The lowest BCUT2D eigenvalue weighted by Gasteiger charge is -2.33. The predicted octanol–water partition coefficient (Wildman–Crippen LogP) is 2.75. The summed E-state index contributed by atoms with van der Waals surface area (Å²) in [5, 5.41) is 2.76. The zero-order chi connectivity index (χ0) is 25.8. The summed E-state index contributed by atoms with van der Waals surface area (Å²) in [6.45, 7) is 5.21. The number of Topliss-reactive ketones (excluding diaryl/α,β-unsaturated/α-hetero) is 1. The van der Waals surface area contributed by atoms with Crippen molar-refractivity contribution in [1.29, 1.82) is 0 Å². The van der Waals surface area contributed by atoms with Crippen molar-refractivity contribution in [2.45, 2.75) is 45.2 Å². The summed E-state index contributed by atoms with van der Waals surface area (Å²) < 4.78 is 14.7. The van der Waals surface area contributed by atoms with Gasteiger partial charge in [0.05, 0.1) is 17.4 Å². The largest absolute Gasteiger partial charge is 0.396 e. The first-order valence-corrected chi connectivity index (χ1v) is 11.9. The predicted molar refractivity (Wildman–Crippen MR) is 136 cm³/mol. The van der Waals surface area contributed by atoms with Gasteiger partial charge in [-0.1, -0.05) is 0 Å². The number of nitrogen functional groups attached to an aromatic ring is 1. The van der Waals surface area contributed by atoms with E-state index in [2.05, 4.69) is 25.2 Å². The Balaban J connectivity index is 1.62. The second kappa shape index (κ2) is 10.8. The molecule has 1 aromatic carbocycles. The SMILES string of the molecule is CC(C)NC(=O)c1ccc(F)c(-c2ncc(N)c(C(=O)Cc3cnccc3N3CCC[C@H](N)C3)n2)c1. The Morgan fingerprint density at radius 2 is 2.06 bits per heavy atom. The molecule has 4 rings (SSSR count). The summed E-state index contributed by atoms with van der Waals surface area (Å²) in [6, 6.07) is 5.79. The van der Waals surface area contributed by atoms with E-state index >= 15 is 0 Å². The molecule has 1 aliphatic rings. The van der Waals surface area contributed by atoms with Gasteiger partial charge in [0.2, 0.25) is 0 Å². The maximum absolute atomic E-state index is 14.7. The maximum atomic E-state index is 14.7. The summed E-state index contributed by atoms with van der Waals surface area (Å²) in [6.07, 6.45) is 6.57. The minimum absolute atomic E-state index is 0.00447. The highest BCUT2D eigenvalue weighted by Gasteiger charge is 2.23. The minimum Gasteiger partial charge on any atom is -0.396 e. The van der Waals surface area contributed by atoms with Crippen LogP contribution in [0.4, 0.5) is 15.8 Å². The second-order valence-corrected chi connectivity index (χ2v) is 9.27. The molecule has 1 atom stereocenters. The fraction of sp³-hybridized carbons (Fsp3) is 0.346. The van der Waals surface area contributed by atoms with Gasteiger partial charge in [-0.2, -0.15) is 0 Å². The number of halogens is 1. The van der Waals surface area contributed by atoms with Gasteiger partial charge in [0, 0.05) is 60.8 Å². The molecule has 3 aromatic rings. The van der Waals surface area contributed by atoms with Gasteiger partial charge < -0.3 is 21.7 Å². The molecule has 0 radical (unpaired) electrons. The van der Waals surface area contributed by atoms with Gasteiger partial charge in [-0.15, -0.1) is 0 Å². The number of carbonyl (C=O) groups excluding carboxylic acids is 2. The first-order chi connectivity index (χ1) is 17.2. The number of carbonyl (C=O) groups is 2. The van der Waals surface area contributed by atoms with Crippen molar-refractivity contribution in [2.75, 3.05) is 23.7 Å². The van der Waals surface area contributed by atoms with Gasteiger partial charge in [-0.3, -0.25) is 14.6 Å². The van der Waals surface area contributed by atoms with Gasteiger partial charge in [-0.25, -0.2) is 14.4 Å². The van der Waals surface area contributed by atoms with Crippen LogP contribution in [0.3, 0.4) is 0 Å². The molecule has 0 spiro atoms. The van der Waals surface area contributed by atoms with Crippen LogP contribution in [0.5, 0.6) is 0 Å². The summed E-state index contributed by atoms with van der Waals surface area (Å²) >= 11 is 0. The number of anilines is 2. The van der Waals surface area contributed by atoms with Crippen molar-refractivity contribution < 1.29 is 14.0 Å². The summed E-state index contributed by atoms with van der Waals surface area (Å²) in [5.74, 6) is -1.34. The molecule has 0 unspecified atom stereocenters. The average molecular weight is 492 g/mol. The smallest absolute Gasteiger partial charge is 0.251 e. The average Bonchev–Trinajstić information content (AvgIpc) is 2.84. The topological polar surface area (TPSA) is 140 Å². The Bertz CT molecular complexity index is 1280. The van der Waals surface area contributed by atoms with Crippen molar-refractivity contribution in [1.82, 2.24) is 20.3 Å². The first kappa shape index (κ1) is 25.2. The molecule has 0 aliphatic carbocycles. The molecule has 36 heavy (non-hydrogen) atoms. The molecule has 1 saturated heterocycles. The van der Waals surface area contributed by atoms with Gasteiger partial charge in [0.1, 0.15) is 11.5 Å². The zero-order valence-electron chi connectivity index (χ0n) is 20.4. The van der Waals surface area contributed by atoms with Crippen LogP contribution < -0.4 is 21.7 Å². The van der Waals surface area contributed by atoms with Crippen molar-refractivity contribution in [3.8, 4) is 11.4 Å². The van der Waals surface area contributed by atoms with E-state index in [0.717, 1.165) is 30.6 Å². The number of pyridine rings is 1. The van der Waals surface area contributed by atoms with Crippen molar-refractivity contribution in [2.24, 2.45) is 5.73 Å². The van der Waals surface area contributed by atoms with E-state index in [-0.39, 0.29) is 58.5 Å². The summed E-state index contributed by atoms with van der Waals surface area (Å²) in [5.41, 5.74) is 14.2. The van der Waals surface area contributed by atoms with Gasteiger partial charge >= 0.3 is 0 Å². The minimum atomic E-state index is -0.616. The fourth-order valence-corrected chi connectivity index (χ4v) is 4.28. The third kappa shape index (κ3) is 5.65. The van der Waals surface area contributed by atoms with Crippen LogP contribution in [-0.2, 0) is 6.42 Å². The Kier molecular flexibility index (Phi) is 7.54. The Labute approximate surface area is 209 Å². The number of piperidine rings is 1. The molecule has 10 heteroatoms. The molecule has 0 bridgehead atoms. The number of nitrogens with two attached hydrogens (primary N) is 2. The zero-order valence-corrected chi connectivity index (χ0v) is 20.4. The number of ketones is 1. The van der Waals surface area contributed by atoms with Crippen LogP contribution in [0.2, 0.25) is 0 Å². The molecule has 3 heterocycles. The van der Waals surface area contributed by atoms with Crippen molar-refractivity contribution >= 4 is 23.1 Å². The molecular weight excluding hydrogens is 461 g/mol. The first-order valence-electron chi connectivity index (χ1n) is 11.9. The number of benzene rings is 1. The molecule has 2 aromatic heterocycles. The van der Waals surface area contributed by atoms with Crippen molar-refractivity contribution in [3.63, 3.8) is 0 Å². The number of aromatic nitrogens is 3. The van der Waals surface area contributed by atoms with E-state index in [1.807, 2.05) is 19.9 Å². The number of rotatable bonds is 7. The van der Waals surface area contributed by atoms with Gasteiger partial charge in [0.25, 0.3) is 5.91 Å². The number of hydrogen-bond acceptors (Lipinski definition) is 8. The third-order valence-corrected chi connectivity index (χ3v) is 6.00. The highest BCUT2D eigenvalue weighted by Crippen LogP contribution is 2.26. The molecular formula is C26H30FN7O2. The summed E-state index contributed by atoms with van der Waals surface area (Å²) in [4.78, 5) is 40.5. The molecule has 188 valence electrons. The number of amides is 1. The van der Waals surface area contributed by atoms with Gasteiger partial charge in [0.15, 0.2) is 11.6 Å². The van der Waals surface area contributed by atoms with Crippen LogP contribution in [0, 0.1) is 5.82 Å². The highest BCUT2D eigenvalue weighted by molar-refractivity contribution is 6.01. The van der Waals surface area contributed by atoms with Crippen molar-refractivity contribution in [3.05, 3.63) is 65.5 Å². The highest BCUT2D eigenvalue weighted by atomic mass is 19.1.